The Morgan fingerprint density at radius 1 is 1.12 bits per heavy atom. The van der Waals surface area contributed by atoms with Gasteiger partial charge in [0, 0.05) is 18.8 Å². The van der Waals surface area contributed by atoms with Crippen LogP contribution >= 0.6 is 0 Å². The molecule has 4 atom stereocenters. The van der Waals surface area contributed by atoms with E-state index in [2.05, 4.69) is 11.1 Å². The zero-order chi connectivity index (χ0) is 17.7. The van der Waals surface area contributed by atoms with Crippen molar-refractivity contribution in [3.8, 4) is 18.2 Å². The molecule has 25 heavy (non-hydrogen) atoms. The maximum Gasteiger partial charge on any atom is 0.217 e. The first-order valence-electron chi connectivity index (χ1n) is 8.20. The zero-order valence-corrected chi connectivity index (χ0v) is 13.4. The minimum atomic E-state index is -1.86. The Morgan fingerprint density at radius 3 is 2.48 bits per heavy atom. The third-order valence-electron chi connectivity index (χ3n) is 5.83. The van der Waals surface area contributed by atoms with E-state index in [9.17, 15) is 15.8 Å². The SMILES string of the molecule is N#CC1(C#N)[C@@H](c2ccncc2)O[C@@]23CCCC[C@H]2[C@]1(C#N)C(=N)O3. The van der Waals surface area contributed by atoms with Gasteiger partial charge in [-0.2, -0.15) is 15.8 Å². The van der Waals surface area contributed by atoms with Crippen molar-refractivity contribution in [3.63, 3.8) is 0 Å². The van der Waals surface area contributed by atoms with Gasteiger partial charge in [-0.3, -0.25) is 10.4 Å². The molecular formula is C18H15N5O2. The van der Waals surface area contributed by atoms with Gasteiger partial charge in [0.25, 0.3) is 0 Å². The predicted molar refractivity (Wildman–Crippen MR) is 83.3 cm³/mol. The normalized spacial score (nSPS) is 37.7. The number of nitrogens with one attached hydrogen (secondary N) is 1. The van der Waals surface area contributed by atoms with Gasteiger partial charge in [-0.25, -0.2) is 0 Å². The summed E-state index contributed by atoms with van der Waals surface area (Å²) in [5.41, 5.74) is -2.91. The maximum absolute atomic E-state index is 10.1. The molecule has 7 nitrogen and oxygen atoms in total. The molecule has 1 aliphatic carbocycles. The number of hydrogen-bond donors (Lipinski definition) is 1. The van der Waals surface area contributed by atoms with E-state index < -0.39 is 28.6 Å². The van der Waals surface area contributed by atoms with Gasteiger partial charge in [-0.1, -0.05) is 6.42 Å². The molecular weight excluding hydrogens is 318 g/mol. The van der Waals surface area contributed by atoms with E-state index in [0.29, 0.717) is 18.4 Å². The van der Waals surface area contributed by atoms with Crippen molar-refractivity contribution in [2.24, 2.45) is 16.7 Å². The molecule has 0 amide bonds. The van der Waals surface area contributed by atoms with Crippen LogP contribution in [0.4, 0.5) is 0 Å². The molecule has 3 heterocycles. The molecule has 2 saturated heterocycles. The van der Waals surface area contributed by atoms with Gasteiger partial charge in [-0.05, 0) is 30.5 Å². The van der Waals surface area contributed by atoms with Crippen LogP contribution in [0.2, 0.25) is 0 Å². The molecule has 3 fully saturated rings. The first-order chi connectivity index (χ1) is 12.1. The van der Waals surface area contributed by atoms with Crippen molar-refractivity contribution in [1.82, 2.24) is 4.98 Å². The van der Waals surface area contributed by atoms with Crippen molar-refractivity contribution >= 4 is 5.90 Å². The summed E-state index contributed by atoms with van der Waals surface area (Å²) in [7, 11) is 0. The van der Waals surface area contributed by atoms with Crippen LogP contribution in [-0.4, -0.2) is 16.7 Å². The van der Waals surface area contributed by atoms with E-state index in [1.165, 1.54) is 0 Å². The highest BCUT2D eigenvalue weighted by Gasteiger charge is 2.80. The van der Waals surface area contributed by atoms with E-state index in [1.807, 2.05) is 12.1 Å². The molecule has 0 aromatic carbocycles. The Bertz CT molecular complexity index is 850. The summed E-state index contributed by atoms with van der Waals surface area (Å²) in [4.78, 5) is 3.97. The van der Waals surface area contributed by atoms with Gasteiger partial charge in [0.15, 0.2) is 5.41 Å². The molecule has 1 aromatic heterocycles. The van der Waals surface area contributed by atoms with Crippen molar-refractivity contribution in [2.45, 2.75) is 37.6 Å². The van der Waals surface area contributed by atoms with Crippen LogP contribution in [0.1, 0.15) is 37.4 Å². The fraction of sp³-hybridized carbons (Fsp3) is 0.500. The number of rotatable bonds is 1. The largest absolute Gasteiger partial charge is 0.447 e. The summed E-state index contributed by atoms with van der Waals surface area (Å²) in [5, 5.41) is 38.5. The predicted octanol–water partition coefficient (Wildman–Crippen LogP) is 2.59. The lowest BCUT2D eigenvalue weighted by atomic mass is 9.51. The smallest absolute Gasteiger partial charge is 0.217 e. The molecule has 124 valence electrons. The summed E-state index contributed by atoms with van der Waals surface area (Å²) in [6.45, 7) is 0. The summed E-state index contributed by atoms with van der Waals surface area (Å²) >= 11 is 0. The first kappa shape index (κ1) is 15.6. The van der Waals surface area contributed by atoms with Crippen molar-refractivity contribution in [2.75, 3.05) is 0 Å². The summed E-state index contributed by atoms with van der Waals surface area (Å²) < 4.78 is 12.1. The summed E-state index contributed by atoms with van der Waals surface area (Å²) in [6, 6.07) is 9.58. The Hall–Kier alpha value is -2.95. The quantitative estimate of drug-likeness (QED) is 0.841. The van der Waals surface area contributed by atoms with Gasteiger partial charge in [0.05, 0.1) is 24.1 Å². The molecule has 2 bridgehead atoms. The Morgan fingerprint density at radius 2 is 1.84 bits per heavy atom. The highest BCUT2D eigenvalue weighted by molar-refractivity contribution is 5.89. The van der Waals surface area contributed by atoms with Gasteiger partial charge in [0.2, 0.25) is 17.1 Å². The van der Waals surface area contributed by atoms with E-state index in [4.69, 9.17) is 14.9 Å². The Labute approximate surface area is 144 Å². The highest BCUT2D eigenvalue weighted by Crippen LogP contribution is 2.69. The molecule has 2 aliphatic heterocycles. The van der Waals surface area contributed by atoms with E-state index >= 15 is 0 Å². The van der Waals surface area contributed by atoms with Crippen molar-refractivity contribution in [1.29, 1.82) is 21.2 Å². The van der Waals surface area contributed by atoms with Crippen LogP contribution in [-0.2, 0) is 9.47 Å². The lowest BCUT2D eigenvalue weighted by Gasteiger charge is -2.51. The molecule has 3 aliphatic rings. The fourth-order valence-electron chi connectivity index (χ4n) is 4.70. The van der Waals surface area contributed by atoms with Gasteiger partial charge in [-0.15, -0.1) is 0 Å². The summed E-state index contributed by atoms with van der Waals surface area (Å²) in [5.74, 6) is -1.93. The van der Waals surface area contributed by atoms with Crippen molar-refractivity contribution in [3.05, 3.63) is 30.1 Å². The molecule has 0 radical (unpaired) electrons. The first-order valence-corrected chi connectivity index (χ1v) is 8.20. The molecule has 0 unspecified atom stereocenters. The highest BCUT2D eigenvalue weighted by atomic mass is 16.7. The number of ether oxygens (including phenoxy) is 2. The average molecular weight is 333 g/mol. The minimum absolute atomic E-state index is 0.318. The molecule has 4 rings (SSSR count). The number of nitriles is 3. The third-order valence-corrected chi connectivity index (χ3v) is 5.83. The lowest BCUT2D eigenvalue weighted by Crippen LogP contribution is -2.60. The van der Waals surface area contributed by atoms with E-state index in [0.717, 1.165) is 12.8 Å². The van der Waals surface area contributed by atoms with Crippen LogP contribution in [0.5, 0.6) is 0 Å². The number of aromatic nitrogens is 1. The van der Waals surface area contributed by atoms with Crippen LogP contribution in [0.3, 0.4) is 0 Å². The molecule has 7 heteroatoms. The van der Waals surface area contributed by atoms with Gasteiger partial charge >= 0.3 is 0 Å². The lowest BCUT2D eigenvalue weighted by molar-refractivity contribution is -0.294. The topological polar surface area (TPSA) is 127 Å². The third kappa shape index (κ3) is 1.60. The van der Waals surface area contributed by atoms with Crippen LogP contribution in [0.15, 0.2) is 24.5 Å². The second-order valence-corrected chi connectivity index (χ2v) is 6.77. The van der Waals surface area contributed by atoms with Crippen LogP contribution in [0.25, 0.3) is 0 Å². The van der Waals surface area contributed by atoms with Crippen LogP contribution in [0, 0.1) is 56.2 Å². The molecule has 1 aromatic rings. The average Bonchev–Trinajstić information content (AvgIpc) is 2.87. The van der Waals surface area contributed by atoms with E-state index in [1.54, 1.807) is 24.5 Å². The molecule has 0 spiro atoms. The standard InChI is InChI=1S/C18H15N5O2/c19-9-16(10-20)14(12-4-7-23-8-5-12)24-18-6-2-1-3-13(18)17(16,11-21)15(22)25-18/h4-5,7-8,13-14,22H,1-3,6H2/t13-,14+,17+,18+/m0/s1. The molecule has 1 saturated carbocycles. The maximum atomic E-state index is 10.1. The van der Waals surface area contributed by atoms with Crippen LogP contribution < -0.4 is 0 Å². The number of hydrogen-bond acceptors (Lipinski definition) is 7. The molecule has 1 N–H and O–H groups in total. The second kappa shape index (κ2) is 5.02. The van der Waals surface area contributed by atoms with Gasteiger partial charge < -0.3 is 9.47 Å². The zero-order valence-electron chi connectivity index (χ0n) is 13.4. The van der Waals surface area contributed by atoms with Gasteiger partial charge in [0.1, 0.15) is 6.10 Å². The second-order valence-electron chi connectivity index (χ2n) is 6.77. The van der Waals surface area contributed by atoms with E-state index in [-0.39, 0.29) is 5.90 Å². The summed E-state index contributed by atoms with van der Waals surface area (Å²) in [6.07, 6.45) is 4.94. The number of pyridine rings is 1. The Kier molecular flexibility index (Phi) is 3.13. The fourth-order valence-corrected chi connectivity index (χ4v) is 4.70. The Balaban J connectivity index is 2.01. The monoisotopic (exact) mass is 333 g/mol. The van der Waals surface area contributed by atoms with Crippen molar-refractivity contribution < 1.29 is 9.47 Å². The number of nitrogens with zero attached hydrogens (tertiary/aromatic N) is 4. The minimum Gasteiger partial charge on any atom is -0.447 e.